The maximum absolute atomic E-state index is 12.1. The monoisotopic (exact) mass is 271 g/mol. The van der Waals surface area contributed by atoms with E-state index >= 15 is 0 Å². The number of aliphatic hydroxyl groups is 1. The van der Waals surface area contributed by atoms with Gasteiger partial charge in [0.15, 0.2) is 0 Å². The van der Waals surface area contributed by atoms with Gasteiger partial charge in [0.05, 0.1) is 6.61 Å². The summed E-state index contributed by atoms with van der Waals surface area (Å²) in [7, 11) is 3.76. The second-order valence-corrected chi connectivity index (χ2v) is 5.06. The molecular weight excluding hydrogens is 246 g/mol. The van der Waals surface area contributed by atoms with Crippen molar-refractivity contribution in [3.8, 4) is 0 Å². The molecule has 0 bridgehead atoms. The average Bonchev–Trinajstić information content (AvgIpc) is 2.43. The molecule has 1 aliphatic rings. The zero-order valence-corrected chi connectivity index (χ0v) is 12.1. The molecule has 0 spiro atoms. The van der Waals surface area contributed by atoms with Crippen LogP contribution in [0.3, 0.4) is 0 Å². The lowest BCUT2D eigenvalue weighted by atomic mass is 10.0. The van der Waals surface area contributed by atoms with Gasteiger partial charge in [0.2, 0.25) is 0 Å². The van der Waals surface area contributed by atoms with E-state index in [9.17, 15) is 9.59 Å². The van der Waals surface area contributed by atoms with Crippen LogP contribution < -0.4 is 0 Å². The van der Waals surface area contributed by atoms with Crippen molar-refractivity contribution in [1.29, 1.82) is 0 Å². The van der Waals surface area contributed by atoms with E-state index in [-0.39, 0.29) is 19.2 Å². The van der Waals surface area contributed by atoms with Crippen LogP contribution in [0.5, 0.6) is 0 Å². The number of amides is 2. The molecule has 0 aliphatic carbocycles. The predicted octanol–water partition coefficient (Wildman–Crippen LogP) is -0.620. The Morgan fingerprint density at radius 1 is 1.26 bits per heavy atom. The Balaban J connectivity index is 2.58. The zero-order chi connectivity index (χ0) is 14.4. The number of nitrogens with zero attached hydrogens (tertiary/aromatic N) is 3. The van der Waals surface area contributed by atoms with Crippen molar-refractivity contribution in [1.82, 2.24) is 14.7 Å². The van der Waals surface area contributed by atoms with Crippen LogP contribution in [0, 0.1) is 0 Å². The van der Waals surface area contributed by atoms with E-state index < -0.39 is 11.8 Å². The molecule has 110 valence electrons. The van der Waals surface area contributed by atoms with Crippen LogP contribution >= 0.6 is 0 Å². The summed E-state index contributed by atoms with van der Waals surface area (Å²) in [5, 5.41) is 8.89. The second-order valence-electron chi connectivity index (χ2n) is 5.06. The van der Waals surface area contributed by atoms with Crippen LogP contribution in [0.1, 0.15) is 19.8 Å². The Morgan fingerprint density at radius 2 is 1.84 bits per heavy atom. The molecule has 0 radical (unpaired) electrons. The van der Waals surface area contributed by atoms with Gasteiger partial charge in [0, 0.05) is 26.2 Å². The molecule has 6 nitrogen and oxygen atoms in total. The van der Waals surface area contributed by atoms with E-state index in [0.29, 0.717) is 6.54 Å². The topological polar surface area (TPSA) is 64.1 Å². The summed E-state index contributed by atoms with van der Waals surface area (Å²) in [4.78, 5) is 29.3. The first-order valence-electron chi connectivity index (χ1n) is 6.86. The van der Waals surface area contributed by atoms with E-state index in [1.54, 1.807) is 18.9 Å². The van der Waals surface area contributed by atoms with Gasteiger partial charge in [-0.1, -0.05) is 0 Å². The number of likely N-dealkylation sites (N-methyl/N-ethyl adjacent to an activating group) is 2. The maximum atomic E-state index is 12.1. The molecule has 19 heavy (non-hydrogen) atoms. The number of likely N-dealkylation sites (tertiary alicyclic amines) is 1. The largest absolute Gasteiger partial charge is 0.395 e. The molecule has 0 aromatic rings. The minimum absolute atomic E-state index is 0.120. The normalized spacial score (nSPS) is 17.3. The van der Waals surface area contributed by atoms with Gasteiger partial charge in [0.1, 0.15) is 0 Å². The van der Waals surface area contributed by atoms with Crippen molar-refractivity contribution >= 4 is 11.8 Å². The van der Waals surface area contributed by atoms with Crippen LogP contribution in [-0.4, -0.2) is 84.5 Å². The molecule has 0 atom stereocenters. The molecule has 0 aromatic carbocycles. The molecule has 2 amide bonds. The van der Waals surface area contributed by atoms with Crippen molar-refractivity contribution in [2.24, 2.45) is 0 Å². The summed E-state index contributed by atoms with van der Waals surface area (Å²) < 4.78 is 0. The van der Waals surface area contributed by atoms with Crippen LogP contribution in [0.4, 0.5) is 0 Å². The summed E-state index contributed by atoms with van der Waals surface area (Å²) in [5.41, 5.74) is 0. The quantitative estimate of drug-likeness (QED) is 0.692. The molecule has 0 unspecified atom stereocenters. The van der Waals surface area contributed by atoms with Gasteiger partial charge in [0.25, 0.3) is 0 Å². The van der Waals surface area contributed by atoms with Gasteiger partial charge in [-0.15, -0.1) is 0 Å². The first-order chi connectivity index (χ1) is 9.01. The van der Waals surface area contributed by atoms with Crippen LogP contribution in [0.25, 0.3) is 0 Å². The van der Waals surface area contributed by atoms with Gasteiger partial charge in [-0.25, -0.2) is 0 Å². The summed E-state index contributed by atoms with van der Waals surface area (Å²) in [6, 6.07) is 0.139. The van der Waals surface area contributed by atoms with E-state index in [4.69, 9.17) is 5.11 Å². The highest BCUT2D eigenvalue weighted by atomic mass is 16.3. The minimum atomic E-state index is -0.516. The number of carbonyl (C=O) groups is 2. The minimum Gasteiger partial charge on any atom is -0.395 e. The Labute approximate surface area is 115 Å². The highest BCUT2D eigenvalue weighted by molar-refractivity contribution is 6.34. The SMILES string of the molecule is CCN(CCO)C(=O)C(=O)N(C)C1CCN(C)CC1. The lowest BCUT2D eigenvalue weighted by molar-refractivity contribution is -0.152. The van der Waals surface area contributed by atoms with Crippen LogP contribution in [0.2, 0.25) is 0 Å². The molecule has 1 aliphatic heterocycles. The first-order valence-corrected chi connectivity index (χ1v) is 6.86. The van der Waals surface area contributed by atoms with Gasteiger partial charge in [-0.2, -0.15) is 0 Å². The molecular formula is C13H25N3O3. The highest BCUT2D eigenvalue weighted by Gasteiger charge is 2.29. The molecule has 1 rings (SSSR count). The van der Waals surface area contributed by atoms with E-state index in [0.717, 1.165) is 25.9 Å². The summed E-state index contributed by atoms with van der Waals surface area (Å²) >= 11 is 0. The second kappa shape index (κ2) is 7.45. The van der Waals surface area contributed by atoms with Crippen LogP contribution in [0.15, 0.2) is 0 Å². The van der Waals surface area contributed by atoms with Crippen molar-refractivity contribution < 1.29 is 14.7 Å². The lowest BCUT2D eigenvalue weighted by Crippen LogP contribution is -2.50. The first kappa shape index (κ1) is 15.9. The maximum Gasteiger partial charge on any atom is 0.312 e. The third-order valence-electron chi connectivity index (χ3n) is 3.78. The molecule has 6 heteroatoms. The number of carbonyl (C=O) groups excluding carboxylic acids is 2. The molecule has 1 N–H and O–H groups in total. The number of hydrogen-bond acceptors (Lipinski definition) is 4. The fraction of sp³-hybridized carbons (Fsp3) is 0.846. The number of piperidine rings is 1. The summed E-state index contributed by atoms with van der Waals surface area (Å²) in [5.74, 6) is -0.983. The smallest absolute Gasteiger partial charge is 0.312 e. The standard InChI is InChI=1S/C13H25N3O3/c1-4-16(9-10-17)13(19)12(18)15(3)11-5-7-14(2)8-6-11/h11,17H,4-10H2,1-3H3. The molecule has 1 heterocycles. The Hall–Kier alpha value is -1.14. The van der Waals surface area contributed by atoms with Gasteiger partial charge >= 0.3 is 11.8 Å². The molecule has 0 saturated carbocycles. The van der Waals surface area contributed by atoms with Crippen molar-refractivity contribution in [3.63, 3.8) is 0 Å². The summed E-state index contributed by atoms with van der Waals surface area (Å²) in [6.07, 6.45) is 1.80. The third kappa shape index (κ3) is 4.18. The van der Waals surface area contributed by atoms with Crippen molar-refractivity contribution in [2.75, 3.05) is 46.9 Å². The van der Waals surface area contributed by atoms with Crippen LogP contribution in [-0.2, 0) is 9.59 Å². The summed E-state index contributed by atoms with van der Waals surface area (Å²) in [6.45, 7) is 4.23. The van der Waals surface area contributed by atoms with Crippen molar-refractivity contribution in [3.05, 3.63) is 0 Å². The number of aliphatic hydroxyl groups excluding tert-OH is 1. The fourth-order valence-electron chi connectivity index (χ4n) is 2.36. The fourth-order valence-corrected chi connectivity index (χ4v) is 2.36. The third-order valence-corrected chi connectivity index (χ3v) is 3.78. The average molecular weight is 271 g/mol. The zero-order valence-electron chi connectivity index (χ0n) is 12.1. The number of rotatable bonds is 4. The Bertz CT molecular complexity index is 314. The van der Waals surface area contributed by atoms with Crippen molar-refractivity contribution in [2.45, 2.75) is 25.8 Å². The lowest BCUT2D eigenvalue weighted by Gasteiger charge is -2.35. The Kier molecular flexibility index (Phi) is 6.24. The van der Waals surface area contributed by atoms with E-state index in [1.165, 1.54) is 4.90 Å². The van der Waals surface area contributed by atoms with E-state index in [2.05, 4.69) is 11.9 Å². The molecule has 1 fully saturated rings. The van der Waals surface area contributed by atoms with Gasteiger partial charge in [-0.05, 0) is 39.9 Å². The Morgan fingerprint density at radius 3 is 2.32 bits per heavy atom. The van der Waals surface area contributed by atoms with Gasteiger partial charge in [-0.3, -0.25) is 9.59 Å². The number of hydrogen-bond donors (Lipinski definition) is 1. The van der Waals surface area contributed by atoms with Gasteiger partial charge < -0.3 is 19.8 Å². The van der Waals surface area contributed by atoms with E-state index in [1.807, 2.05) is 0 Å². The predicted molar refractivity (Wildman–Crippen MR) is 72.6 cm³/mol. The molecule has 1 saturated heterocycles. The molecule has 0 aromatic heterocycles. The highest BCUT2D eigenvalue weighted by Crippen LogP contribution is 2.14.